The maximum absolute atomic E-state index is 4.59. The first-order valence-corrected chi connectivity index (χ1v) is 11.2. The number of hydrogen-bond donors (Lipinski definition) is 0. The van der Waals surface area contributed by atoms with Crippen LogP contribution in [0.25, 0.3) is 5.32 Å². The Morgan fingerprint density at radius 2 is 2.05 bits per heavy atom. The summed E-state index contributed by atoms with van der Waals surface area (Å²) in [5.74, 6) is 0.522. The van der Waals surface area contributed by atoms with Crippen LogP contribution in [0.4, 0.5) is 5.69 Å². The van der Waals surface area contributed by atoms with Crippen molar-refractivity contribution in [3.8, 4) is 0 Å². The van der Waals surface area contributed by atoms with Crippen LogP contribution in [0.2, 0.25) is 0 Å². The van der Waals surface area contributed by atoms with E-state index in [0.29, 0.717) is 12.0 Å². The fourth-order valence-corrected chi connectivity index (χ4v) is 2.03. The zero-order valence-electron chi connectivity index (χ0n) is 11.1. The van der Waals surface area contributed by atoms with Gasteiger partial charge in [0.1, 0.15) is 0 Å². The minimum atomic E-state index is 0.347. The molecule has 1 aliphatic heterocycles. The summed E-state index contributed by atoms with van der Waals surface area (Å²) in [4.78, 5) is 4.59. The fraction of sp³-hybridized carbons (Fsp3) is 0.500. The molecule has 0 bridgehead atoms. The molecule has 0 aliphatic carbocycles. The molecule has 1 heterocycles. The molecule has 0 amide bonds. The summed E-state index contributed by atoms with van der Waals surface area (Å²) in [7, 11) is 1.25. The van der Waals surface area contributed by atoms with Crippen molar-refractivity contribution >= 4 is 40.4 Å². The van der Waals surface area contributed by atoms with Crippen LogP contribution in [0.5, 0.6) is 0 Å². The molecule has 2 rings (SSSR count). The molecule has 5 heteroatoms. The standard InChI is InChI=1S/C14H19N2.2BrH.Ni/c1-11(2)13-7-3-4-8-14(13)16-10-12-6-5-9-15-12;;;/h3-4,7-8,10-12H,5-6,9H2,1-2H3;2*1H;/q-1;;;+3/p-2. The molecule has 1 fully saturated rings. The summed E-state index contributed by atoms with van der Waals surface area (Å²) in [5, 5.41) is 4.48. The molecule has 1 atom stereocenters. The number of halogens is 2. The fourth-order valence-electron chi connectivity index (χ4n) is 2.03. The Morgan fingerprint density at radius 3 is 2.63 bits per heavy atom. The van der Waals surface area contributed by atoms with Gasteiger partial charge in [0.15, 0.2) is 0 Å². The van der Waals surface area contributed by atoms with Gasteiger partial charge in [0.25, 0.3) is 0 Å². The van der Waals surface area contributed by atoms with E-state index < -0.39 is 0 Å². The Balaban J connectivity index is 0.000000550. The van der Waals surface area contributed by atoms with Crippen LogP contribution in [-0.2, 0) is 10.9 Å². The number of benzene rings is 1. The predicted octanol–water partition coefficient (Wildman–Crippen LogP) is 5.74. The maximum atomic E-state index is 4.59. The van der Waals surface area contributed by atoms with E-state index in [1.807, 2.05) is 12.3 Å². The van der Waals surface area contributed by atoms with Crippen molar-refractivity contribution in [2.75, 3.05) is 6.54 Å². The molecule has 1 saturated heterocycles. The van der Waals surface area contributed by atoms with Crippen molar-refractivity contribution in [1.82, 2.24) is 0 Å². The van der Waals surface area contributed by atoms with Crippen LogP contribution >= 0.6 is 28.5 Å². The van der Waals surface area contributed by atoms with Gasteiger partial charge in [0.05, 0.1) is 5.69 Å². The third kappa shape index (κ3) is 6.53. The molecule has 19 heavy (non-hydrogen) atoms. The van der Waals surface area contributed by atoms with Crippen LogP contribution in [0.3, 0.4) is 0 Å². The third-order valence-electron chi connectivity index (χ3n) is 2.97. The first-order valence-electron chi connectivity index (χ1n) is 6.31. The summed E-state index contributed by atoms with van der Waals surface area (Å²) >= 11 is 6.00. The Kier molecular flexibility index (Phi) is 9.22. The Labute approximate surface area is 136 Å². The van der Waals surface area contributed by atoms with Crippen LogP contribution in [0, 0.1) is 0 Å². The monoisotopic (exact) mass is 431 g/mol. The molecule has 109 valence electrons. The van der Waals surface area contributed by atoms with Crippen molar-refractivity contribution in [2.24, 2.45) is 4.99 Å². The van der Waals surface area contributed by atoms with E-state index in [0.717, 1.165) is 18.7 Å². The van der Waals surface area contributed by atoms with E-state index in [-0.39, 0.29) is 0 Å². The van der Waals surface area contributed by atoms with Gasteiger partial charge in [-0.1, -0.05) is 50.9 Å². The SMILES string of the molecule is CC(C)c1ccccc1N=CC1CCC[N-]1.[Br][Ni+][Br]. The molecule has 0 spiro atoms. The van der Waals surface area contributed by atoms with Crippen molar-refractivity contribution in [3.63, 3.8) is 0 Å². The third-order valence-corrected chi connectivity index (χ3v) is 2.97. The minimum absolute atomic E-state index is 0.347. The van der Waals surface area contributed by atoms with E-state index in [2.05, 4.69) is 70.8 Å². The summed E-state index contributed by atoms with van der Waals surface area (Å²) < 4.78 is 0. The van der Waals surface area contributed by atoms with Gasteiger partial charge in [0.2, 0.25) is 0 Å². The number of para-hydroxylation sites is 1. The average molecular weight is 434 g/mol. The molecular weight excluding hydrogens is 415 g/mol. The van der Waals surface area contributed by atoms with Crippen molar-refractivity contribution < 1.29 is 10.9 Å². The van der Waals surface area contributed by atoms with E-state index in [9.17, 15) is 0 Å². The van der Waals surface area contributed by atoms with Gasteiger partial charge in [-0.25, -0.2) is 0 Å². The normalized spacial score (nSPS) is 18.9. The van der Waals surface area contributed by atoms with Crippen LogP contribution < -0.4 is 0 Å². The number of hydrogen-bond acceptors (Lipinski definition) is 1. The van der Waals surface area contributed by atoms with E-state index in [1.54, 1.807) is 0 Å². The van der Waals surface area contributed by atoms with Gasteiger partial charge < -0.3 is 5.32 Å². The van der Waals surface area contributed by atoms with Crippen LogP contribution in [0.15, 0.2) is 29.3 Å². The molecule has 1 aromatic carbocycles. The van der Waals surface area contributed by atoms with E-state index >= 15 is 0 Å². The second kappa shape index (κ2) is 10.1. The second-order valence-electron chi connectivity index (χ2n) is 4.65. The van der Waals surface area contributed by atoms with Gasteiger partial charge in [0, 0.05) is 0 Å². The van der Waals surface area contributed by atoms with Crippen molar-refractivity contribution in [1.29, 1.82) is 0 Å². The summed E-state index contributed by atoms with van der Waals surface area (Å²) in [5.41, 5.74) is 2.41. The van der Waals surface area contributed by atoms with Crippen LogP contribution in [0.1, 0.15) is 38.2 Å². The van der Waals surface area contributed by atoms with Gasteiger partial charge in [-0.05, 0) is 23.8 Å². The number of nitrogens with zero attached hydrogens (tertiary/aromatic N) is 2. The second-order valence-corrected chi connectivity index (χ2v) is 9.64. The van der Waals surface area contributed by atoms with Crippen LogP contribution in [-0.4, -0.2) is 18.8 Å². The summed E-state index contributed by atoms with van der Waals surface area (Å²) in [6.07, 6.45) is 4.38. The molecular formula is C14H19Br2N2Ni. The molecule has 0 saturated carbocycles. The van der Waals surface area contributed by atoms with Crippen molar-refractivity contribution in [2.45, 2.75) is 38.6 Å². The summed E-state index contributed by atoms with van der Waals surface area (Å²) in [6.45, 7) is 5.41. The van der Waals surface area contributed by atoms with E-state index in [4.69, 9.17) is 0 Å². The summed E-state index contributed by atoms with van der Waals surface area (Å²) in [6, 6.07) is 8.71. The molecule has 1 aliphatic rings. The first-order chi connectivity index (χ1) is 9.19. The van der Waals surface area contributed by atoms with Gasteiger partial charge >= 0.3 is 39.3 Å². The molecule has 1 unspecified atom stereocenters. The predicted molar refractivity (Wildman–Crippen MR) is 87.8 cm³/mol. The first kappa shape index (κ1) is 17.4. The van der Waals surface area contributed by atoms with Gasteiger partial charge in [-0.15, -0.1) is 6.54 Å². The topological polar surface area (TPSA) is 26.5 Å². The molecule has 0 aromatic heterocycles. The Bertz CT molecular complexity index is 391. The average Bonchev–Trinajstić information content (AvgIpc) is 2.90. The van der Waals surface area contributed by atoms with Gasteiger partial charge in [-0.2, -0.15) is 0 Å². The molecule has 0 N–H and O–H groups in total. The number of rotatable bonds is 3. The van der Waals surface area contributed by atoms with Gasteiger partial charge in [-0.3, -0.25) is 4.99 Å². The molecule has 0 radical (unpaired) electrons. The molecule has 2 nitrogen and oxygen atoms in total. The number of aliphatic imine (C=N–C) groups is 1. The zero-order chi connectivity index (χ0) is 14.1. The van der Waals surface area contributed by atoms with Crippen molar-refractivity contribution in [3.05, 3.63) is 35.1 Å². The Hall–Kier alpha value is 0.304. The molecule has 1 aromatic rings. The Morgan fingerprint density at radius 1 is 1.37 bits per heavy atom. The zero-order valence-corrected chi connectivity index (χ0v) is 15.3. The quantitative estimate of drug-likeness (QED) is 0.429. The van der Waals surface area contributed by atoms with E-state index in [1.165, 1.54) is 22.9 Å².